The van der Waals surface area contributed by atoms with E-state index in [-0.39, 0.29) is 36.2 Å². The summed E-state index contributed by atoms with van der Waals surface area (Å²) >= 11 is 0. The van der Waals surface area contributed by atoms with E-state index >= 15 is 0 Å². The Morgan fingerprint density at radius 2 is 2.09 bits per heavy atom. The van der Waals surface area contributed by atoms with Gasteiger partial charge in [-0.15, -0.1) is 12.4 Å². The maximum Gasteiger partial charge on any atom is 0.237 e. The quantitative estimate of drug-likeness (QED) is 0.883. The van der Waals surface area contributed by atoms with E-state index < -0.39 is 0 Å². The molecule has 2 fully saturated rings. The summed E-state index contributed by atoms with van der Waals surface area (Å²) in [4.78, 5) is 12.4. The molecular weight excluding hydrogens is 315 g/mol. The number of carbonyl (C=O) groups excluding carboxylic acids is 1. The van der Waals surface area contributed by atoms with E-state index in [0.29, 0.717) is 23.9 Å². The van der Waals surface area contributed by atoms with Crippen LogP contribution >= 0.6 is 12.4 Å². The van der Waals surface area contributed by atoms with Crippen LogP contribution in [0, 0.1) is 11.7 Å². The molecule has 3 rings (SSSR count). The maximum absolute atomic E-state index is 13.7. The number of halogens is 2. The molecule has 3 nitrogen and oxygen atoms in total. The molecule has 1 saturated heterocycles. The number of amides is 1. The summed E-state index contributed by atoms with van der Waals surface area (Å²) in [6.07, 6.45) is 6.47. The average Bonchev–Trinajstić information content (AvgIpc) is 2.93. The van der Waals surface area contributed by atoms with Gasteiger partial charge in [0.15, 0.2) is 0 Å². The lowest BCUT2D eigenvalue weighted by atomic mass is 9.85. The SMILES string of the molecule is CC(Cc1ccccc1F)NC(=O)C1CC2CCCCC2N1.Cl. The Morgan fingerprint density at radius 1 is 1.35 bits per heavy atom. The molecule has 2 N–H and O–H groups in total. The Morgan fingerprint density at radius 3 is 2.83 bits per heavy atom. The minimum absolute atomic E-state index is 0. The van der Waals surface area contributed by atoms with Gasteiger partial charge in [-0.25, -0.2) is 4.39 Å². The van der Waals surface area contributed by atoms with Crippen LogP contribution in [0.25, 0.3) is 0 Å². The van der Waals surface area contributed by atoms with Gasteiger partial charge in [-0.05, 0) is 50.2 Å². The monoisotopic (exact) mass is 340 g/mol. The van der Waals surface area contributed by atoms with Crippen molar-refractivity contribution < 1.29 is 9.18 Å². The molecule has 1 aromatic carbocycles. The maximum atomic E-state index is 13.7. The Kier molecular flexibility index (Phi) is 6.42. The molecule has 1 aliphatic heterocycles. The molecule has 1 aromatic rings. The Bertz CT molecular complexity index is 526. The van der Waals surface area contributed by atoms with Gasteiger partial charge in [0.05, 0.1) is 6.04 Å². The Hall–Kier alpha value is -1.13. The lowest BCUT2D eigenvalue weighted by Gasteiger charge is -2.24. The summed E-state index contributed by atoms with van der Waals surface area (Å²) in [5.74, 6) is 0.526. The van der Waals surface area contributed by atoms with Crippen LogP contribution in [0.5, 0.6) is 0 Å². The number of fused-ring (bicyclic) bond motifs is 1. The second kappa shape index (κ2) is 8.11. The summed E-state index contributed by atoms with van der Waals surface area (Å²) in [5, 5.41) is 6.53. The van der Waals surface area contributed by atoms with Gasteiger partial charge < -0.3 is 10.6 Å². The molecule has 4 atom stereocenters. The molecule has 128 valence electrons. The summed E-state index contributed by atoms with van der Waals surface area (Å²) < 4.78 is 13.7. The first kappa shape index (κ1) is 18.2. The van der Waals surface area contributed by atoms with Crippen LogP contribution in [0.4, 0.5) is 4.39 Å². The zero-order chi connectivity index (χ0) is 15.5. The van der Waals surface area contributed by atoms with Crippen LogP contribution in [0.1, 0.15) is 44.6 Å². The number of rotatable bonds is 4. The smallest absolute Gasteiger partial charge is 0.237 e. The van der Waals surface area contributed by atoms with Gasteiger partial charge in [0.1, 0.15) is 5.82 Å². The summed E-state index contributed by atoms with van der Waals surface area (Å²) in [7, 11) is 0. The van der Waals surface area contributed by atoms with Crippen molar-refractivity contribution in [3.63, 3.8) is 0 Å². The molecule has 0 aromatic heterocycles. The molecule has 1 aliphatic carbocycles. The number of nitrogens with one attached hydrogen (secondary N) is 2. The van der Waals surface area contributed by atoms with Crippen LogP contribution in [-0.2, 0) is 11.2 Å². The van der Waals surface area contributed by atoms with Crippen LogP contribution in [-0.4, -0.2) is 24.0 Å². The van der Waals surface area contributed by atoms with Gasteiger partial charge in [-0.1, -0.05) is 31.0 Å². The Balaban J connectivity index is 0.00000192. The highest BCUT2D eigenvalue weighted by molar-refractivity contribution is 5.85. The topological polar surface area (TPSA) is 41.1 Å². The van der Waals surface area contributed by atoms with Crippen molar-refractivity contribution in [3.8, 4) is 0 Å². The van der Waals surface area contributed by atoms with Crippen LogP contribution in [0.15, 0.2) is 24.3 Å². The standard InChI is InChI=1S/C18H25FN2O.ClH/c1-12(10-13-6-2-4-8-15(13)19)20-18(22)17-11-14-7-3-5-9-16(14)21-17;/h2,4,6,8,12,14,16-17,21H,3,5,7,9-11H2,1H3,(H,20,22);1H. The van der Waals surface area contributed by atoms with E-state index in [2.05, 4.69) is 10.6 Å². The minimum atomic E-state index is -0.200. The van der Waals surface area contributed by atoms with E-state index in [1.165, 1.54) is 31.7 Å². The normalized spacial score (nSPS) is 27.7. The molecule has 4 unspecified atom stereocenters. The zero-order valence-corrected chi connectivity index (χ0v) is 14.4. The van der Waals surface area contributed by atoms with Gasteiger partial charge >= 0.3 is 0 Å². The predicted octanol–water partition coefficient (Wildman–Crippen LogP) is 3.22. The summed E-state index contributed by atoms with van der Waals surface area (Å²) in [6, 6.07) is 7.15. The first-order valence-corrected chi connectivity index (χ1v) is 8.43. The van der Waals surface area contributed by atoms with E-state index in [9.17, 15) is 9.18 Å². The molecular formula is C18H26ClFN2O. The second-order valence-corrected chi connectivity index (χ2v) is 6.81. The van der Waals surface area contributed by atoms with Crippen molar-refractivity contribution in [3.05, 3.63) is 35.6 Å². The highest BCUT2D eigenvalue weighted by atomic mass is 35.5. The molecule has 1 amide bonds. The van der Waals surface area contributed by atoms with Crippen molar-refractivity contribution in [2.24, 2.45) is 5.92 Å². The third kappa shape index (κ3) is 4.45. The summed E-state index contributed by atoms with van der Waals surface area (Å²) in [5.41, 5.74) is 0.656. The van der Waals surface area contributed by atoms with Gasteiger partial charge in [-0.2, -0.15) is 0 Å². The van der Waals surface area contributed by atoms with Crippen LogP contribution in [0.3, 0.4) is 0 Å². The fourth-order valence-corrected chi connectivity index (χ4v) is 3.91. The lowest BCUT2D eigenvalue weighted by Crippen LogP contribution is -2.46. The fraction of sp³-hybridized carbons (Fsp3) is 0.611. The Labute approximate surface area is 143 Å². The first-order valence-electron chi connectivity index (χ1n) is 8.43. The van der Waals surface area contributed by atoms with Gasteiger partial charge in [0, 0.05) is 12.1 Å². The lowest BCUT2D eigenvalue weighted by molar-refractivity contribution is -0.123. The van der Waals surface area contributed by atoms with E-state index in [1.54, 1.807) is 12.1 Å². The van der Waals surface area contributed by atoms with Crippen molar-refractivity contribution in [2.75, 3.05) is 0 Å². The molecule has 0 bridgehead atoms. The van der Waals surface area contributed by atoms with Crippen LogP contribution in [0.2, 0.25) is 0 Å². The van der Waals surface area contributed by atoms with Gasteiger partial charge in [-0.3, -0.25) is 4.79 Å². The van der Waals surface area contributed by atoms with E-state index in [1.807, 2.05) is 13.0 Å². The molecule has 5 heteroatoms. The largest absolute Gasteiger partial charge is 0.352 e. The van der Waals surface area contributed by atoms with Gasteiger partial charge in [0.2, 0.25) is 5.91 Å². The second-order valence-electron chi connectivity index (χ2n) is 6.81. The fourth-order valence-electron chi connectivity index (χ4n) is 3.91. The molecule has 0 radical (unpaired) electrons. The molecule has 0 spiro atoms. The molecule has 1 saturated carbocycles. The third-order valence-electron chi connectivity index (χ3n) is 5.05. The van der Waals surface area contributed by atoms with Crippen molar-refractivity contribution in [1.29, 1.82) is 0 Å². The van der Waals surface area contributed by atoms with Crippen molar-refractivity contribution >= 4 is 18.3 Å². The van der Waals surface area contributed by atoms with E-state index in [0.717, 1.165) is 6.42 Å². The average molecular weight is 341 g/mol. The number of benzene rings is 1. The van der Waals surface area contributed by atoms with E-state index in [4.69, 9.17) is 0 Å². The zero-order valence-electron chi connectivity index (χ0n) is 13.6. The first-order chi connectivity index (χ1) is 10.6. The number of hydrogen-bond donors (Lipinski definition) is 2. The minimum Gasteiger partial charge on any atom is -0.352 e. The highest BCUT2D eigenvalue weighted by Gasteiger charge is 2.38. The van der Waals surface area contributed by atoms with Crippen molar-refractivity contribution in [2.45, 2.75) is 63.6 Å². The number of hydrogen-bond acceptors (Lipinski definition) is 2. The predicted molar refractivity (Wildman–Crippen MR) is 92.2 cm³/mol. The molecule has 2 aliphatic rings. The highest BCUT2D eigenvalue weighted by Crippen LogP contribution is 2.33. The van der Waals surface area contributed by atoms with Crippen molar-refractivity contribution in [1.82, 2.24) is 10.6 Å². The molecule has 1 heterocycles. The summed E-state index contributed by atoms with van der Waals surface area (Å²) in [6.45, 7) is 1.94. The van der Waals surface area contributed by atoms with Gasteiger partial charge in [0.25, 0.3) is 0 Å². The number of carbonyl (C=O) groups is 1. The van der Waals surface area contributed by atoms with Crippen LogP contribution < -0.4 is 10.6 Å². The third-order valence-corrected chi connectivity index (χ3v) is 5.05. The molecule has 23 heavy (non-hydrogen) atoms.